The normalized spacial score (nSPS) is 10.0. The minimum Gasteiger partial charge on any atom is -0.508 e. The molecule has 0 atom stereocenters. The molecule has 1 aromatic carbocycles. The molecule has 0 saturated carbocycles. The van der Waals surface area contributed by atoms with E-state index in [1.165, 1.54) is 18.2 Å². The predicted octanol–water partition coefficient (Wildman–Crippen LogP) is 2.58. The third-order valence-corrected chi connectivity index (χ3v) is 1.65. The summed E-state index contributed by atoms with van der Waals surface area (Å²) < 4.78 is 0. The molecule has 60 valence electrons. The van der Waals surface area contributed by atoms with Crippen molar-refractivity contribution in [3.8, 4) is 11.8 Å². The van der Waals surface area contributed by atoms with E-state index in [0.717, 1.165) is 5.56 Å². The van der Waals surface area contributed by atoms with Crippen LogP contribution < -0.4 is 0 Å². The lowest BCUT2D eigenvalue weighted by Crippen LogP contribution is -1.73. The van der Waals surface area contributed by atoms with Gasteiger partial charge in [-0.15, -0.1) is 0 Å². The number of allylic oxidation sites excluding steroid dienone is 1. The smallest absolute Gasteiger partial charge is 0.117 e. The maximum atomic E-state index is 8.99. The lowest BCUT2D eigenvalue weighted by molar-refractivity contribution is 0.475. The number of rotatable bonds is 1. The van der Waals surface area contributed by atoms with Gasteiger partial charge in [0.1, 0.15) is 5.75 Å². The Hall–Kier alpha value is -1.46. The van der Waals surface area contributed by atoms with E-state index in [9.17, 15) is 0 Å². The fourth-order valence-corrected chi connectivity index (χ4v) is 1.02. The molecule has 0 amide bonds. The van der Waals surface area contributed by atoms with E-state index in [1.807, 2.05) is 6.07 Å². The van der Waals surface area contributed by atoms with E-state index < -0.39 is 0 Å². The zero-order valence-corrected chi connectivity index (χ0v) is 6.92. The van der Waals surface area contributed by atoms with Gasteiger partial charge in [-0.1, -0.05) is 11.6 Å². The van der Waals surface area contributed by atoms with E-state index >= 15 is 0 Å². The van der Waals surface area contributed by atoms with E-state index in [0.29, 0.717) is 5.02 Å². The highest BCUT2D eigenvalue weighted by molar-refractivity contribution is 6.32. The maximum absolute atomic E-state index is 8.99. The van der Waals surface area contributed by atoms with Crippen LogP contribution >= 0.6 is 11.6 Å². The molecule has 0 spiro atoms. The standard InChI is InChI=1S/C9H6ClNO/c10-9-6-8(12)4-3-7(9)2-1-5-11/h1-4,6,12H. The summed E-state index contributed by atoms with van der Waals surface area (Å²) in [6.45, 7) is 0. The van der Waals surface area contributed by atoms with Gasteiger partial charge in [0, 0.05) is 6.08 Å². The molecule has 2 nitrogen and oxygen atoms in total. The third kappa shape index (κ3) is 2.01. The number of halogens is 1. The zero-order chi connectivity index (χ0) is 8.97. The van der Waals surface area contributed by atoms with Crippen molar-refractivity contribution >= 4 is 17.7 Å². The Bertz CT molecular complexity index is 352. The first kappa shape index (κ1) is 8.63. The largest absolute Gasteiger partial charge is 0.508 e. The number of aromatic hydroxyl groups is 1. The summed E-state index contributed by atoms with van der Waals surface area (Å²) in [4.78, 5) is 0. The van der Waals surface area contributed by atoms with Gasteiger partial charge in [0.15, 0.2) is 0 Å². The highest BCUT2D eigenvalue weighted by atomic mass is 35.5. The van der Waals surface area contributed by atoms with Crippen LogP contribution in [0.3, 0.4) is 0 Å². The first-order valence-corrected chi connectivity index (χ1v) is 3.66. The van der Waals surface area contributed by atoms with Crippen molar-refractivity contribution in [1.29, 1.82) is 5.26 Å². The summed E-state index contributed by atoms with van der Waals surface area (Å²) >= 11 is 5.74. The molecule has 0 radical (unpaired) electrons. The number of nitriles is 1. The third-order valence-electron chi connectivity index (χ3n) is 1.32. The number of hydrogen-bond donors (Lipinski definition) is 1. The summed E-state index contributed by atoms with van der Waals surface area (Å²) in [6.07, 6.45) is 2.92. The molecular formula is C9H6ClNO. The molecule has 0 aliphatic heterocycles. The molecule has 0 aliphatic carbocycles. The van der Waals surface area contributed by atoms with Gasteiger partial charge in [-0.3, -0.25) is 0 Å². The molecule has 3 heteroatoms. The topological polar surface area (TPSA) is 44.0 Å². The Morgan fingerprint density at radius 1 is 1.50 bits per heavy atom. The number of phenolic OH excluding ortho intramolecular Hbond substituents is 1. The summed E-state index contributed by atoms with van der Waals surface area (Å²) in [7, 11) is 0. The lowest BCUT2D eigenvalue weighted by atomic mass is 10.2. The van der Waals surface area contributed by atoms with Gasteiger partial charge in [0.05, 0.1) is 11.1 Å². The minimum absolute atomic E-state index is 0.120. The highest BCUT2D eigenvalue weighted by Gasteiger charge is 1.96. The summed E-state index contributed by atoms with van der Waals surface area (Å²) in [5.41, 5.74) is 0.719. The average molecular weight is 180 g/mol. The Kier molecular flexibility index (Phi) is 2.73. The van der Waals surface area contributed by atoms with Gasteiger partial charge >= 0.3 is 0 Å². The molecule has 1 aromatic rings. The van der Waals surface area contributed by atoms with Crippen LogP contribution in [0, 0.1) is 11.3 Å². The molecule has 0 unspecified atom stereocenters. The summed E-state index contributed by atoms with van der Waals surface area (Å²) in [5, 5.41) is 17.7. The van der Waals surface area contributed by atoms with Crippen LogP contribution in [0.25, 0.3) is 6.08 Å². The molecule has 0 heterocycles. The quantitative estimate of drug-likeness (QED) is 0.674. The maximum Gasteiger partial charge on any atom is 0.117 e. The van der Waals surface area contributed by atoms with Crippen molar-refractivity contribution in [2.45, 2.75) is 0 Å². The van der Waals surface area contributed by atoms with Crippen molar-refractivity contribution < 1.29 is 5.11 Å². The van der Waals surface area contributed by atoms with E-state index in [1.54, 1.807) is 12.1 Å². The van der Waals surface area contributed by atoms with Crippen LogP contribution in [0.15, 0.2) is 24.3 Å². The van der Waals surface area contributed by atoms with Crippen LogP contribution in [0.5, 0.6) is 5.75 Å². The first-order chi connectivity index (χ1) is 5.74. The predicted molar refractivity (Wildman–Crippen MR) is 47.8 cm³/mol. The van der Waals surface area contributed by atoms with Gasteiger partial charge in [-0.05, 0) is 29.8 Å². The van der Waals surface area contributed by atoms with Crippen molar-refractivity contribution in [3.05, 3.63) is 34.9 Å². The molecule has 0 saturated heterocycles. The summed E-state index contributed by atoms with van der Waals surface area (Å²) in [5.74, 6) is 0.120. The highest BCUT2D eigenvalue weighted by Crippen LogP contribution is 2.22. The Morgan fingerprint density at radius 2 is 2.25 bits per heavy atom. The van der Waals surface area contributed by atoms with Crippen LogP contribution in [-0.2, 0) is 0 Å². The Labute approximate surface area is 75.3 Å². The van der Waals surface area contributed by atoms with E-state index in [4.69, 9.17) is 22.0 Å². The molecule has 0 bridgehead atoms. The van der Waals surface area contributed by atoms with Crippen molar-refractivity contribution in [2.24, 2.45) is 0 Å². The number of nitrogens with zero attached hydrogens (tertiary/aromatic N) is 1. The average Bonchev–Trinajstić information content (AvgIpc) is 2.03. The van der Waals surface area contributed by atoms with Crippen LogP contribution in [0.1, 0.15) is 5.56 Å². The SMILES string of the molecule is N#CC=Cc1ccc(O)cc1Cl. The second kappa shape index (κ2) is 3.80. The molecule has 0 aromatic heterocycles. The Morgan fingerprint density at radius 3 is 2.83 bits per heavy atom. The molecular weight excluding hydrogens is 174 g/mol. The van der Waals surface area contributed by atoms with Crippen molar-refractivity contribution in [2.75, 3.05) is 0 Å². The fourth-order valence-electron chi connectivity index (χ4n) is 0.778. The van der Waals surface area contributed by atoms with Crippen LogP contribution in [0.4, 0.5) is 0 Å². The van der Waals surface area contributed by atoms with E-state index in [-0.39, 0.29) is 5.75 Å². The monoisotopic (exact) mass is 179 g/mol. The van der Waals surface area contributed by atoms with Gasteiger partial charge in [-0.25, -0.2) is 0 Å². The van der Waals surface area contributed by atoms with Crippen LogP contribution in [-0.4, -0.2) is 5.11 Å². The van der Waals surface area contributed by atoms with Gasteiger partial charge in [0.2, 0.25) is 0 Å². The molecule has 0 fully saturated rings. The van der Waals surface area contributed by atoms with Gasteiger partial charge in [0.25, 0.3) is 0 Å². The van der Waals surface area contributed by atoms with Gasteiger partial charge < -0.3 is 5.11 Å². The van der Waals surface area contributed by atoms with E-state index in [2.05, 4.69) is 0 Å². The minimum atomic E-state index is 0.120. The summed E-state index contributed by atoms with van der Waals surface area (Å²) in [6, 6.07) is 6.45. The van der Waals surface area contributed by atoms with Crippen molar-refractivity contribution in [3.63, 3.8) is 0 Å². The number of phenols is 1. The first-order valence-electron chi connectivity index (χ1n) is 3.28. The molecule has 1 N–H and O–H groups in total. The molecule has 0 aliphatic rings. The number of benzene rings is 1. The van der Waals surface area contributed by atoms with Crippen molar-refractivity contribution in [1.82, 2.24) is 0 Å². The second-order valence-corrected chi connectivity index (χ2v) is 2.58. The second-order valence-electron chi connectivity index (χ2n) is 2.17. The number of hydrogen-bond acceptors (Lipinski definition) is 2. The molecule has 1 rings (SSSR count). The fraction of sp³-hybridized carbons (Fsp3) is 0. The lowest BCUT2D eigenvalue weighted by Gasteiger charge is -1.97. The Balaban J connectivity index is 3.03. The van der Waals surface area contributed by atoms with Crippen LogP contribution in [0.2, 0.25) is 5.02 Å². The zero-order valence-electron chi connectivity index (χ0n) is 6.16. The van der Waals surface area contributed by atoms with Gasteiger partial charge in [-0.2, -0.15) is 5.26 Å². The molecule has 12 heavy (non-hydrogen) atoms.